The number of aromatic nitrogens is 1. The molecule has 1 aliphatic heterocycles. The molecule has 2 heterocycles. The third-order valence-electron chi connectivity index (χ3n) is 4.36. The summed E-state index contributed by atoms with van der Waals surface area (Å²) in [6, 6.07) is 3.87. The molecule has 1 N–H and O–H groups in total. The van der Waals surface area contributed by atoms with Crippen molar-refractivity contribution in [2.24, 2.45) is 0 Å². The minimum atomic E-state index is -0.473. The number of pyridine rings is 1. The van der Waals surface area contributed by atoms with Crippen LogP contribution in [0.5, 0.6) is 0 Å². The Bertz CT molecular complexity index is 578. The number of aliphatic hydroxyl groups is 1. The maximum Gasteiger partial charge on any atom is 0.410 e. The Morgan fingerprint density at radius 1 is 1.30 bits per heavy atom. The summed E-state index contributed by atoms with van der Waals surface area (Å²) in [4.78, 5) is 20.5. The number of nitrogens with zero attached hydrogens (tertiary/aromatic N) is 4. The van der Waals surface area contributed by atoms with Gasteiger partial charge in [-0.2, -0.15) is 0 Å². The van der Waals surface area contributed by atoms with E-state index in [0.29, 0.717) is 19.6 Å². The predicted octanol–water partition coefficient (Wildman–Crippen LogP) is 3.70. The van der Waals surface area contributed by atoms with E-state index in [2.05, 4.69) is 22.1 Å². The highest BCUT2D eigenvalue weighted by molar-refractivity contribution is 5.68. The van der Waals surface area contributed by atoms with Crippen LogP contribution in [-0.4, -0.2) is 65.5 Å². The molecule has 0 saturated carbocycles. The highest BCUT2D eigenvalue weighted by atomic mass is 16.6. The molecule has 152 valence electrons. The highest BCUT2D eigenvalue weighted by Gasteiger charge is 2.26. The average molecular weight is 378 g/mol. The first-order chi connectivity index (χ1) is 12.8. The predicted molar refractivity (Wildman–Crippen MR) is 108 cm³/mol. The van der Waals surface area contributed by atoms with Crippen molar-refractivity contribution in [1.29, 1.82) is 0 Å². The zero-order chi connectivity index (χ0) is 19.9. The van der Waals surface area contributed by atoms with E-state index >= 15 is 0 Å². The number of anilines is 1. The van der Waals surface area contributed by atoms with Gasteiger partial charge in [0.2, 0.25) is 0 Å². The van der Waals surface area contributed by atoms with Crippen molar-refractivity contribution in [1.82, 2.24) is 9.88 Å². The third kappa shape index (κ3) is 7.25. The van der Waals surface area contributed by atoms with E-state index in [1.54, 1.807) is 11.1 Å². The van der Waals surface area contributed by atoms with Gasteiger partial charge in [0.05, 0.1) is 0 Å². The zero-order valence-corrected chi connectivity index (χ0v) is 17.0. The molecule has 1 unspecified atom stereocenters. The number of piperazine rings is 1. The first-order valence-electron chi connectivity index (χ1n) is 9.83. The minimum Gasteiger partial charge on any atom is -0.681 e. The quantitative estimate of drug-likeness (QED) is 0.784. The Balaban J connectivity index is 1.78. The van der Waals surface area contributed by atoms with Gasteiger partial charge in [-0.05, 0) is 33.3 Å². The van der Waals surface area contributed by atoms with Gasteiger partial charge >= 0.3 is 6.09 Å². The van der Waals surface area contributed by atoms with Crippen LogP contribution in [0.15, 0.2) is 18.3 Å². The fraction of sp³-hybridized carbons (Fsp3) is 0.700. The molecule has 0 aliphatic carbocycles. The van der Waals surface area contributed by atoms with Crippen molar-refractivity contribution < 1.29 is 14.6 Å². The van der Waals surface area contributed by atoms with E-state index in [1.807, 2.05) is 32.9 Å². The summed E-state index contributed by atoms with van der Waals surface area (Å²) in [5.41, 5.74) is 0.306. The second kappa shape index (κ2) is 9.78. The van der Waals surface area contributed by atoms with Crippen LogP contribution in [0.25, 0.3) is 5.32 Å². The molecule has 0 radical (unpaired) electrons. The monoisotopic (exact) mass is 377 g/mol. The summed E-state index contributed by atoms with van der Waals surface area (Å²) in [7, 11) is 0. The lowest BCUT2D eigenvalue weighted by molar-refractivity contribution is 0.0240. The molecule has 0 bridgehead atoms. The van der Waals surface area contributed by atoms with Crippen molar-refractivity contribution in [2.75, 3.05) is 37.6 Å². The molecule has 0 spiro atoms. The lowest BCUT2D eigenvalue weighted by Crippen LogP contribution is -2.50. The minimum absolute atomic E-state index is 0.258. The van der Waals surface area contributed by atoms with Crippen LogP contribution in [0.1, 0.15) is 47.0 Å². The van der Waals surface area contributed by atoms with Crippen LogP contribution in [0.2, 0.25) is 0 Å². The molecule has 2 rings (SSSR count). The van der Waals surface area contributed by atoms with Crippen molar-refractivity contribution in [3.05, 3.63) is 23.6 Å². The fourth-order valence-electron chi connectivity index (χ4n) is 2.85. The first kappa shape index (κ1) is 21.3. The number of carbonyl (C=O) groups is 1. The van der Waals surface area contributed by atoms with E-state index < -0.39 is 5.60 Å². The Kier molecular flexibility index (Phi) is 7.71. The molecule has 1 aliphatic rings. The van der Waals surface area contributed by atoms with Gasteiger partial charge in [0.15, 0.2) is 0 Å². The van der Waals surface area contributed by atoms with Gasteiger partial charge in [0.1, 0.15) is 11.4 Å². The molecule has 7 heteroatoms. The molecule has 1 atom stereocenters. The molecular weight excluding hydrogens is 344 g/mol. The largest absolute Gasteiger partial charge is 0.681 e. The smallest absolute Gasteiger partial charge is 0.410 e. The maximum absolute atomic E-state index is 12.1. The number of rotatable bonds is 7. The molecule has 0 aromatic carbocycles. The number of hydrogen-bond donors (Lipinski definition) is 1. The Labute approximate surface area is 162 Å². The summed E-state index contributed by atoms with van der Waals surface area (Å²) in [6.07, 6.45) is 3.98. The molecule has 1 aromatic rings. The number of ether oxygens (including phenoxy) is 1. The molecule has 1 aromatic heterocycles. The lowest BCUT2D eigenvalue weighted by Gasteiger charge is -2.36. The number of unbranched alkanes of at least 4 members (excludes halogenated alkanes) is 1. The van der Waals surface area contributed by atoms with Crippen LogP contribution in [-0.2, 0) is 4.74 Å². The van der Waals surface area contributed by atoms with Crippen LogP contribution in [0.4, 0.5) is 16.3 Å². The van der Waals surface area contributed by atoms with E-state index in [9.17, 15) is 9.90 Å². The summed E-state index contributed by atoms with van der Waals surface area (Å²) in [6.45, 7) is 10.8. The summed E-state index contributed by atoms with van der Waals surface area (Å²) in [5.74, 6) is 0.879. The fourth-order valence-corrected chi connectivity index (χ4v) is 2.85. The van der Waals surface area contributed by atoms with Crippen molar-refractivity contribution in [3.63, 3.8) is 0 Å². The molecule has 27 heavy (non-hydrogen) atoms. The number of carbonyl (C=O) groups excluding carboxylic acids is 1. The van der Waals surface area contributed by atoms with Crippen molar-refractivity contribution in [2.45, 2.75) is 58.7 Å². The van der Waals surface area contributed by atoms with Crippen molar-refractivity contribution in [3.8, 4) is 0 Å². The second-order valence-corrected chi connectivity index (χ2v) is 7.97. The number of hydrogen-bond acceptors (Lipinski definition) is 5. The highest BCUT2D eigenvalue weighted by Crippen LogP contribution is 2.22. The lowest BCUT2D eigenvalue weighted by atomic mass is 10.1. The summed E-state index contributed by atoms with van der Waals surface area (Å²) < 4.78 is 5.42. The Morgan fingerprint density at radius 3 is 2.56 bits per heavy atom. The number of aliphatic hydroxyl groups excluding tert-OH is 1. The molecule has 1 saturated heterocycles. The Morgan fingerprint density at radius 2 is 2.00 bits per heavy atom. The third-order valence-corrected chi connectivity index (χ3v) is 4.36. The Hall–Kier alpha value is -2.02. The van der Waals surface area contributed by atoms with Gasteiger partial charge in [-0.15, -0.1) is 12.2 Å². The van der Waals surface area contributed by atoms with E-state index in [0.717, 1.165) is 43.9 Å². The van der Waals surface area contributed by atoms with Gasteiger partial charge in [-0.3, -0.25) is 0 Å². The zero-order valence-electron chi connectivity index (χ0n) is 17.0. The van der Waals surface area contributed by atoms with Gasteiger partial charge in [-0.1, -0.05) is 25.8 Å². The summed E-state index contributed by atoms with van der Waals surface area (Å²) in [5, 5.41) is 14.3. The summed E-state index contributed by atoms with van der Waals surface area (Å²) >= 11 is 0. The molecular formula is C20H33N4O3-. The van der Waals surface area contributed by atoms with Crippen molar-refractivity contribution >= 4 is 17.6 Å². The van der Waals surface area contributed by atoms with Crippen LogP contribution < -0.4 is 4.90 Å². The van der Waals surface area contributed by atoms with Crippen LogP contribution in [0, 0.1) is 0 Å². The SMILES string of the molecule is CCCCC(O)C[N-]c1ccc(N2CCN(C(=O)OC(C)(C)C)CC2)nc1. The van der Waals surface area contributed by atoms with Crippen LogP contribution in [0.3, 0.4) is 0 Å². The first-order valence-corrected chi connectivity index (χ1v) is 9.83. The van der Waals surface area contributed by atoms with Crippen LogP contribution >= 0.6 is 0 Å². The van der Waals surface area contributed by atoms with Gasteiger partial charge in [0.25, 0.3) is 0 Å². The van der Waals surface area contributed by atoms with E-state index in [4.69, 9.17) is 4.74 Å². The standard InChI is InChI=1S/C20H33N4O3/c1-5-6-7-17(25)15-21-16-8-9-18(22-14-16)23-10-12-24(13-11-23)19(26)27-20(2,3)4/h8-9,14,17,25H,5-7,10-13,15H2,1-4H3/q-1. The van der Waals surface area contributed by atoms with Gasteiger partial charge < -0.3 is 25.0 Å². The molecule has 7 nitrogen and oxygen atoms in total. The normalized spacial score (nSPS) is 16.2. The van der Waals surface area contributed by atoms with Gasteiger partial charge in [0, 0.05) is 38.5 Å². The topological polar surface area (TPSA) is 80.0 Å². The van der Waals surface area contributed by atoms with Gasteiger partial charge in [-0.25, -0.2) is 9.78 Å². The second-order valence-electron chi connectivity index (χ2n) is 7.97. The van der Waals surface area contributed by atoms with E-state index in [-0.39, 0.29) is 12.2 Å². The average Bonchev–Trinajstić information content (AvgIpc) is 2.64. The number of amides is 1. The molecule has 1 amide bonds. The maximum atomic E-state index is 12.1. The molecule has 1 fully saturated rings. The van der Waals surface area contributed by atoms with E-state index in [1.165, 1.54) is 0 Å².